The lowest BCUT2D eigenvalue weighted by Gasteiger charge is -2.04. The van der Waals surface area contributed by atoms with Crippen LogP contribution >= 0.6 is 15.9 Å². The Balaban J connectivity index is 0.000000224. The molecule has 3 rings (SSSR count). The van der Waals surface area contributed by atoms with E-state index in [1.165, 1.54) is 25.0 Å². The summed E-state index contributed by atoms with van der Waals surface area (Å²) in [6.07, 6.45) is 2.56. The number of halogens is 2. The van der Waals surface area contributed by atoms with Gasteiger partial charge in [-0.15, -0.1) is 0 Å². The summed E-state index contributed by atoms with van der Waals surface area (Å²) in [5, 5.41) is 0.308. The van der Waals surface area contributed by atoms with E-state index < -0.39 is 5.82 Å². The molecule has 1 aromatic heterocycles. The van der Waals surface area contributed by atoms with E-state index in [1.807, 2.05) is 0 Å². The first-order valence-corrected chi connectivity index (χ1v) is 6.75. The molecule has 0 aliphatic carbocycles. The number of hydrogen-bond donors (Lipinski definition) is 2. The van der Waals surface area contributed by atoms with E-state index in [9.17, 15) is 4.39 Å². The van der Waals surface area contributed by atoms with Gasteiger partial charge in [0, 0.05) is 29.4 Å². The molecule has 1 aromatic carbocycles. The second-order valence-electron chi connectivity index (χ2n) is 4.24. The largest absolute Gasteiger partial charge is 0.398 e. The summed E-state index contributed by atoms with van der Waals surface area (Å²) >= 11 is 3.17. The van der Waals surface area contributed by atoms with Gasteiger partial charge in [-0.2, -0.15) is 0 Å². The van der Waals surface area contributed by atoms with Crippen LogP contribution in [-0.4, -0.2) is 18.2 Å². The number of anilines is 2. The highest BCUT2D eigenvalue weighted by Crippen LogP contribution is 2.27. The second-order valence-corrected chi connectivity index (χ2v) is 5.15. The van der Waals surface area contributed by atoms with E-state index in [-0.39, 0.29) is 5.82 Å². The molecule has 1 fully saturated rings. The lowest BCUT2D eigenvalue weighted by Crippen LogP contribution is -1.97. The summed E-state index contributed by atoms with van der Waals surface area (Å²) in [5.41, 5.74) is 11.9. The SMILES string of the molecule is C1CCOC1.Nc1cc(N)c2c(F)cc(Br)cc2n1. The van der Waals surface area contributed by atoms with Crippen LogP contribution in [0.2, 0.25) is 0 Å². The third kappa shape index (κ3) is 3.54. The van der Waals surface area contributed by atoms with Gasteiger partial charge in [0.25, 0.3) is 0 Å². The molecule has 1 aliphatic heterocycles. The van der Waals surface area contributed by atoms with Gasteiger partial charge < -0.3 is 16.2 Å². The van der Waals surface area contributed by atoms with Gasteiger partial charge in [-0.05, 0) is 25.0 Å². The van der Waals surface area contributed by atoms with Crippen LogP contribution in [0.25, 0.3) is 10.9 Å². The van der Waals surface area contributed by atoms with Gasteiger partial charge >= 0.3 is 0 Å². The fraction of sp³-hybridized carbons (Fsp3) is 0.308. The molecule has 19 heavy (non-hydrogen) atoms. The van der Waals surface area contributed by atoms with Crippen molar-refractivity contribution in [3.8, 4) is 0 Å². The molecule has 0 bridgehead atoms. The zero-order chi connectivity index (χ0) is 13.8. The van der Waals surface area contributed by atoms with Crippen LogP contribution in [-0.2, 0) is 4.74 Å². The number of nitrogen functional groups attached to an aromatic ring is 2. The molecule has 0 unspecified atom stereocenters. The van der Waals surface area contributed by atoms with Crippen molar-refractivity contribution in [3.05, 3.63) is 28.5 Å². The number of benzene rings is 1. The third-order valence-electron chi connectivity index (χ3n) is 2.70. The standard InChI is InChI=1S/C9H7BrFN3.C4H8O/c10-4-1-5(11)9-6(12)3-8(13)14-7(9)2-4;1-2-4-5-3-1/h1-3H,(H4,12,13,14);1-4H2. The first kappa shape index (κ1) is 14.0. The van der Waals surface area contributed by atoms with Crippen molar-refractivity contribution in [1.29, 1.82) is 0 Å². The number of fused-ring (bicyclic) bond motifs is 1. The Bertz CT molecular complexity index is 537. The van der Waals surface area contributed by atoms with E-state index in [0.717, 1.165) is 13.2 Å². The molecule has 1 aliphatic rings. The van der Waals surface area contributed by atoms with E-state index in [4.69, 9.17) is 16.2 Å². The second kappa shape index (κ2) is 6.16. The van der Waals surface area contributed by atoms with Gasteiger partial charge in [-0.3, -0.25) is 0 Å². The molecule has 0 atom stereocenters. The first-order chi connectivity index (χ1) is 9.08. The molecule has 1 saturated heterocycles. The fourth-order valence-corrected chi connectivity index (χ4v) is 2.26. The minimum Gasteiger partial charge on any atom is -0.398 e. The Hall–Kier alpha value is -1.40. The Morgan fingerprint density at radius 1 is 1.16 bits per heavy atom. The van der Waals surface area contributed by atoms with Crippen LogP contribution in [0.3, 0.4) is 0 Å². The lowest BCUT2D eigenvalue weighted by molar-refractivity contribution is 0.198. The van der Waals surface area contributed by atoms with Crippen LogP contribution in [0.1, 0.15) is 12.8 Å². The highest BCUT2D eigenvalue weighted by molar-refractivity contribution is 9.10. The van der Waals surface area contributed by atoms with Gasteiger partial charge in [0.2, 0.25) is 0 Å². The van der Waals surface area contributed by atoms with E-state index >= 15 is 0 Å². The third-order valence-corrected chi connectivity index (χ3v) is 3.16. The van der Waals surface area contributed by atoms with Crippen molar-refractivity contribution in [2.24, 2.45) is 0 Å². The lowest BCUT2D eigenvalue weighted by atomic mass is 10.2. The summed E-state index contributed by atoms with van der Waals surface area (Å²) in [4.78, 5) is 3.99. The smallest absolute Gasteiger partial charge is 0.135 e. The van der Waals surface area contributed by atoms with Crippen molar-refractivity contribution in [2.45, 2.75) is 12.8 Å². The molecular formula is C13H15BrFN3O. The molecular weight excluding hydrogens is 313 g/mol. The Morgan fingerprint density at radius 3 is 2.42 bits per heavy atom. The van der Waals surface area contributed by atoms with E-state index in [0.29, 0.717) is 21.1 Å². The summed E-state index contributed by atoms with van der Waals surface area (Å²) in [6.45, 7) is 2.00. The number of hydrogen-bond acceptors (Lipinski definition) is 4. The molecule has 2 aromatic rings. The van der Waals surface area contributed by atoms with Crippen LogP contribution in [0.5, 0.6) is 0 Å². The zero-order valence-electron chi connectivity index (χ0n) is 10.3. The normalized spacial score (nSPS) is 14.2. The van der Waals surface area contributed by atoms with E-state index in [1.54, 1.807) is 6.07 Å². The van der Waals surface area contributed by atoms with Crippen LogP contribution in [0.15, 0.2) is 22.7 Å². The number of nitrogens with two attached hydrogens (primary N) is 2. The zero-order valence-corrected chi connectivity index (χ0v) is 11.9. The van der Waals surface area contributed by atoms with Crippen LogP contribution < -0.4 is 11.5 Å². The quantitative estimate of drug-likeness (QED) is 0.779. The number of pyridine rings is 1. The average Bonchev–Trinajstić information content (AvgIpc) is 2.84. The van der Waals surface area contributed by atoms with E-state index in [2.05, 4.69) is 20.9 Å². The van der Waals surface area contributed by atoms with Crippen molar-refractivity contribution < 1.29 is 9.13 Å². The van der Waals surface area contributed by atoms with Crippen molar-refractivity contribution >= 4 is 38.3 Å². The number of nitrogens with zero attached hydrogens (tertiary/aromatic N) is 1. The van der Waals surface area contributed by atoms with Gasteiger partial charge in [-0.25, -0.2) is 9.37 Å². The minimum absolute atomic E-state index is 0.285. The predicted octanol–water partition coefficient (Wildman–Crippen LogP) is 3.10. The number of rotatable bonds is 0. The van der Waals surface area contributed by atoms with Crippen LogP contribution in [0, 0.1) is 5.82 Å². The highest BCUT2D eigenvalue weighted by atomic mass is 79.9. The number of ether oxygens (including phenoxy) is 1. The van der Waals surface area contributed by atoms with Gasteiger partial charge in [0.05, 0.1) is 10.9 Å². The first-order valence-electron chi connectivity index (χ1n) is 5.96. The Kier molecular flexibility index (Phi) is 4.55. The molecule has 0 spiro atoms. The maximum atomic E-state index is 13.4. The van der Waals surface area contributed by atoms with Crippen LogP contribution in [0.4, 0.5) is 15.9 Å². The van der Waals surface area contributed by atoms with Crippen molar-refractivity contribution in [3.63, 3.8) is 0 Å². The maximum Gasteiger partial charge on any atom is 0.135 e. The molecule has 2 heterocycles. The molecule has 102 valence electrons. The van der Waals surface area contributed by atoms with Crippen molar-refractivity contribution in [1.82, 2.24) is 4.98 Å². The minimum atomic E-state index is -0.403. The predicted molar refractivity (Wildman–Crippen MR) is 78.3 cm³/mol. The molecule has 4 nitrogen and oxygen atoms in total. The molecule has 0 radical (unpaired) electrons. The van der Waals surface area contributed by atoms with Gasteiger partial charge in [-0.1, -0.05) is 15.9 Å². The summed E-state index contributed by atoms with van der Waals surface area (Å²) in [7, 11) is 0. The molecule has 6 heteroatoms. The van der Waals surface area contributed by atoms with Crippen molar-refractivity contribution in [2.75, 3.05) is 24.7 Å². The highest BCUT2D eigenvalue weighted by Gasteiger charge is 2.08. The summed E-state index contributed by atoms with van der Waals surface area (Å²) < 4.78 is 19.0. The van der Waals surface area contributed by atoms with Gasteiger partial charge in [0.15, 0.2) is 0 Å². The topological polar surface area (TPSA) is 74.2 Å². The molecule has 0 amide bonds. The molecule has 4 N–H and O–H groups in total. The monoisotopic (exact) mass is 327 g/mol. The maximum absolute atomic E-state index is 13.4. The Labute approximate surface area is 119 Å². The average molecular weight is 328 g/mol. The van der Waals surface area contributed by atoms with Gasteiger partial charge in [0.1, 0.15) is 11.6 Å². The fourth-order valence-electron chi connectivity index (χ4n) is 1.85. The summed E-state index contributed by atoms with van der Waals surface area (Å²) in [5.74, 6) is -0.119. The summed E-state index contributed by atoms with van der Waals surface area (Å²) in [6, 6.07) is 4.46. The Morgan fingerprint density at radius 2 is 1.84 bits per heavy atom. The molecule has 0 saturated carbocycles. The number of aromatic nitrogens is 1.